The van der Waals surface area contributed by atoms with Gasteiger partial charge in [0.2, 0.25) is 0 Å². The number of hydrogen-bond acceptors (Lipinski definition) is 5. The largest absolute Gasteiger partial charge is 0.469 e. The summed E-state index contributed by atoms with van der Waals surface area (Å²) in [5, 5.41) is 0.410. The van der Waals surface area contributed by atoms with Gasteiger partial charge in [-0.15, -0.1) is 0 Å². The number of thioether (sulfide) groups is 1. The highest BCUT2D eigenvalue weighted by Gasteiger charge is 2.19. The highest BCUT2D eigenvalue weighted by molar-refractivity contribution is 7.99. The summed E-state index contributed by atoms with van der Waals surface area (Å²) >= 11 is 1.28. The van der Waals surface area contributed by atoms with Crippen LogP contribution in [0.15, 0.2) is 22.2 Å². The monoisotopic (exact) mass is 284 g/mol. The zero-order valence-corrected chi connectivity index (χ0v) is 12.8. The van der Waals surface area contributed by atoms with E-state index < -0.39 is 0 Å². The molecule has 0 bridgehead atoms. The molecule has 0 aromatic carbocycles. The van der Waals surface area contributed by atoms with E-state index in [9.17, 15) is 9.59 Å². The second kappa shape index (κ2) is 6.23. The van der Waals surface area contributed by atoms with Crippen molar-refractivity contribution in [3.8, 4) is 0 Å². The molecule has 0 amide bonds. The molecule has 19 heavy (non-hydrogen) atoms. The molecule has 0 radical (unpaired) electrons. The van der Waals surface area contributed by atoms with Crippen molar-refractivity contribution in [3.63, 3.8) is 0 Å². The minimum atomic E-state index is -0.288. The van der Waals surface area contributed by atoms with Crippen molar-refractivity contribution in [2.75, 3.05) is 12.9 Å². The highest BCUT2D eigenvalue weighted by Crippen LogP contribution is 2.17. The molecule has 106 valence electrons. The third kappa shape index (κ3) is 4.09. The molecular weight excluding hydrogens is 264 g/mol. The number of rotatable bonds is 4. The molecular formula is C13H20N2O3S. The number of esters is 1. The smallest absolute Gasteiger partial charge is 0.309 e. The fourth-order valence-electron chi connectivity index (χ4n) is 1.49. The van der Waals surface area contributed by atoms with Crippen molar-refractivity contribution in [1.29, 1.82) is 0 Å². The van der Waals surface area contributed by atoms with Gasteiger partial charge in [0.25, 0.3) is 5.56 Å². The lowest BCUT2D eigenvalue weighted by Crippen LogP contribution is -2.34. The van der Waals surface area contributed by atoms with Crippen LogP contribution in [0.4, 0.5) is 0 Å². The van der Waals surface area contributed by atoms with Gasteiger partial charge in [0, 0.05) is 23.7 Å². The standard InChI is InChI=1S/C13H20N2O3S/c1-9(12(17)18-5)8-19-10-11(16)15(7-6-14-10)13(2,3)4/h6-7,9H,8H2,1-5H3. The summed E-state index contributed by atoms with van der Waals surface area (Å²) in [5.41, 5.74) is -0.416. The van der Waals surface area contributed by atoms with Gasteiger partial charge in [0.05, 0.1) is 13.0 Å². The fraction of sp³-hybridized carbons (Fsp3) is 0.615. The van der Waals surface area contributed by atoms with Crippen molar-refractivity contribution >= 4 is 17.7 Å². The molecule has 0 N–H and O–H groups in total. The maximum Gasteiger partial charge on any atom is 0.309 e. The first-order valence-corrected chi connectivity index (χ1v) is 7.04. The lowest BCUT2D eigenvalue weighted by atomic mass is 10.1. The number of aromatic nitrogens is 2. The van der Waals surface area contributed by atoms with Gasteiger partial charge in [-0.2, -0.15) is 0 Å². The summed E-state index contributed by atoms with van der Waals surface area (Å²) in [4.78, 5) is 27.6. The molecule has 0 aliphatic rings. The molecule has 1 aromatic heterocycles. The third-order valence-electron chi connectivity index (χ3n) is 2.61. The Labute approximate surface area is 117 Å². The van der Waals surface area contributed by atoms with Gasteiger partial charge >= 0.3 is 5.97 Å². The van der Waals surface area contributed by atoms with E-state index >= 15 is 0 Å². The maximum atomic E-state index is 12.2. The van der Waals surface area contributed by atoms with E-state index in [0.717, 1.165) is 0 Å². The van der Waals surface area contributed by atoms with E-state index in [4.69, 9.17) is 0 Å². The molecule has 0 saturated heterocycles. The van der Waals surface area contributed by atoms with E-state index in [0.29, 0.717) is 10.8 Å². The molecule has 0 saturated carbocycles. The van der Waals surface area contributed by atoms with Crippen molar-refractivity contribution in [1.82, 2.24) is 9.55 Å². The normalized spacial score (nSPS) is 13.1. The predicted octanol–water partition coefficient (Wildman–Crippen LogP) is 1.90. The fourth-order valence-corrected chi connectivity index (χ4v) is 2.40. The first kappa shape index (κ1) is 15.8. The Kier molecular flexibility index (Phi) is 5.17. The number of ether oxygens (including phenoxy) is 1. The molecule has 0 spiro atoms. The lowest BCUT2D eigenvalue weighted by molar-refractivity contribution is -0.143. The molecule has 5 nitrogen and oxygen atoms in total. The number of carbonyl (C=O) groups excluding carboxylic acids is 1. The van der Waals surface area contributed by atoms with Crippen LogP contribution in [0.2, 0.25) is 0 Å². The van der Waals surface area contributed by atoms with Gasteiger partial charge in [-0.25, -0.2) is 4.98 Å². The van der Waals surface area contributed by atoms with Gasteiger partial charge in [-0.3, -0.25) is 9.59 Å². The quantitative estimate of drug-likeness (QED) is 0.624. The Hall–Kier alpha value is -1.30. The molecule has 1 unspecified atom stereocenters. The van der Waals surface area contributed by atoms with Crippen molar-refractivity contribution in [2.24, 2.45) is 5.92 Å². The van der Waals surface area contributed by atoms with E-state index in [2.05, 4.69) is 9.72 Å². The van der Waals surface area contributed by atoms with Crippen molar-refractivity contribution in [3.05, 3.63) is 22.7 Å². The van der Waals surface area contributed by atoms with Crippen LogP contribution in [0.5, 0.6) is 0 Å². The molecule has 0 fully saturated rings. The summed E-state index contributed by atoms with van der Waals surface area (Å²) < 4.78 is 6.30. The van der Waals surface area contributed by atoms with Crippen LogP contribution in [-0.4, -0.2) is 28.4 Å². The number of methoxy groups -OCH3 is 1. The summed E-state index contributed by atoms with van der Waals surface area (Å²) in [6.07, 6.45) is 3.29. The first-order valence-electron chi connectivity index (χ1n) is 6.06. The van der Waals surface area contributed by atoms with Gasteiger partial charge < -0.3 is 9.30 Å². The average Bonchev–Trinajstić information content (AvgIpc) is 2.34. The maximum absolute atomic E-state index is 12.2. The van der Waals surface area contributed by atoms with E-state index in [1.165, 1.54) is 18.9 Å². The summed E-state index contributed by atoms with van der Waals surface area (Å²) in [6.45, 7) is 7.64. The van der Waals surface area contributed by atoms with Crippen molar-refractivity contribution in [2.45, 2.75) is 38.3 Å². The SMILES string of the molecule is COC(=O)C(C)CSc1nccn(C(C)(C)C)c1=O. The minimum Gasteiger partial charge on any atom is -0.469 e. The van der Waals surface area contributed by atoms with Gasteiger partial charge in [0.15, 0.2) is 5.03 Å². The Morgan fingerprint density at radius 1 is 1.53 bits per heavy atom. The summed E-state index contributed by atoms with van der Waals surface area (Å²) in [5.74, 6) is -0.0673. The van der Waals surface area contributed by atoms with E-state index in [1.807, 2.05) is 20.8 Å². The van der Waals surface area contributed by atoms with Crippen molar-refractivity contribution < 1.29 is 9.53 Å². The van der Waals surface area contributed by atoms with Crippen LogP contribution >= 0.6 is 11.8 Å². The van der Waals surface area contributed by atoms with Crippen LogP contribution in [-0.2, 0) is 15.1 Å². The van der Waals surface area contributed by atoms with E-state index in [1.54, 1.807) is 23.9 Å². The molecule has 0 aliphatic carbocycles. The van der Waals surface area contributed by atoms with Crippen LogP contribution in [0.3, 0.4) is 0 Å². The Morgan fingerprint density at radius 3 is 2.68 bits per heavy atom. The average molecular weight is 284 g/mol. The first-order chi connectivity index (χ1) is 8.77. The topological polar surface area (TPSA) is 61.2 Å². The Balaban J connectivity index is 2.87. The van der Waals surface area contributed by atoms with E-state index in [-0.39, 0.29) is 23.0 Å². The van der Waals surface area contributed by atoms with Crippen LogP contribution < -0.4 is 5.56 Å². The van der Waals surface area contributed by atoms with Crippen LogP contribution in [0.1, 0.15) is 27.7 Å². The zero-order valence-electron chi connectivity index (χ0n) is 12.0. The number of hydrogen-bond donors (Lipinski definition) is 0. The highest BCUT2D eigenvalue weighted by atomic mass is 32.2. The van der Waals surface area contributed by atoms with Gasteiger partial charge in [-0.1, -0.05) is 18.7 Å². The number of carbonyl (C=O) groups is 1. The van der Waals surface area contributed by atoms with Gasteiger partial charge in [-0.05, 0) is 20.8 Å². The molecule has 1 atom stereocenters. The third-order valence-corrected chi connectivity index (χ3v) is 3.83. The molecule has 1 heterocycles. The predicted molar refractivity (Wildman–Crippen MR) is 75.4 cm³/mol. The van der Waals surface area contributed by atoms with Crippen LogP contribution in [0.25, 0.3) is 0 Å². The second-order valence-electron chi connectivity index (χ2n) is 5.31. The van der Waals surface area contributed by atoms with Crippen LogP contribution in [0, 0.1) is 5.92 Å². The molecule has 6 heteroatoms. The minimum absolute atomic E-state index is 0.128. The summed E-state index contributed by atoms with van der Waals surface area (Å²) in [6, 6.07) is 0. The molecule has 0 aliphatic heterocycles. The molecule has 1 rings (SSSR count). The lowest BCUT2D eigenvalue weighted by Gasteiger charge is -2.22. The molecule has 1 aromatic rings. The Morgan fingerprint density at radius 2 is 2.16 bits per heavy atom. The zero-order chi connectivity index (χ0) is 14.6. The Bertz CT molecular complexity index is 505. The summed E-state index contributed by atoms with van der Waals surface area (Å²) in [7, 11) is 1.36. The second-order valence-corrected chi connectivity index (χ2v) is 6.32. The number of nitrogens with zero attached hydrogens (tertiary/aromatic N) is 2. The van der Waals surface area contributed by atoms with Gasteiger partial charge in [0.1, 0.15) is 0 Å².